The molecule has 2 aromatic rings. The van der Waals surface area contributed by atoms with Gasteiger partial charge >= 0.3 is 0 Å². The highest BCUT2D eigenvalue weighted by molar-refractivity contribution is 5.95. The Morgan fingerprint density at radius 1 is 0.882 bits per heavy atom. The number of carbonyl (C=O) groups excluding carboxylic acids is 2. The number of benzene rings is 2. The molecule has 0 bridgehead atoms. The van der Waals surface area contributed by atoms with Crippen LogP contribution < -0.4 is 9.47 Å². The van der Waals surface area contributed by atoms with E-state index in [9.17, 15) is 9.59 Å². The molecule has 6 heteroatoms. The molecule has 1 saturated carbocycles. The molecular weight excluding hydrogens is 428 g/mol. The number of rotatable bonds is 7. The summed E-state index contributed by atoms with van der Waals surface area (Å²) >= 11 is 0. The molecule has 6 nitrogen and oxygen atoms in total. The average molecular weight is 465 g/mol. The Bertz CT molecular complexity index is 996. The van der Waals surface area contributed by atoms with E-state index in [2.05, 4.69) is 0 Å². The molecule has 0 N–H and O–H groups in total. The minimum atomic E-state index is -0.578. The summed E-state index contributed by atoms with van der Waals surface area (Å²) in [4.78, 5) is 31.0. The van der Waals surface area contributed by atoms with Crippen molar-refractivity contribution in [3.8, 4) is 11.5 Å². The first-order chi connectivity index (χ1) is 16.5. The minimum Gasteiger partial charge on any atom is -0.493 e. The summed E-state index contributed by atoms with van der Waals surface area (Å²) in [6.07, 6.45) is 7.29. The highest BCUT2D eigenvalue weighted by atomic mass is 16.5. The normalized spacial score (nSPS) is 19.8. The Balaban J connectivity index is 1.59. The van der Waals surface area contributed by atoms with E-state index in [-0.39, 0.29) is 24.4 Å². The molecule has 2 amide bonds. The first-order valence-corrected chi connectivity index (χ1v) is 12.4. The van der Waals surface area contributed by atoms with Crippen LogP contribution in [0.4, 0.5) is 0 Å². The fourth-order valence-electron chi connectivity index (χ4n) is 5.24. The topological polar surface area (TPSA) is 59.1 Å². The van der Waals surface area contributed by atoms with Crippen molar-refractivity contribution < 1.29 is 19.1 Å². The van der Waals surface area contributed by atoms with Gasteiger partial charge < -0.3 is 19.3 Å². The second-order valence-corrected chi connectivity index (χ2v) is 9.45. The molecule has 1 atom stereocenters. The van der Waals surface area contributed by atoms with Crippen LogP contribution in [0.25, 0.3) is 0 Å². The highest BCUT2D eigenvalue weighted by Crippen LogP contribution is 2.33. The van der Waals surface area contributed by atoms with Gasteiger partial charge in [-0.2, -0.15) is 0 Å². The quantitative estimate of drug-likeness (QED) is 0.558. The number of methoxy groups -OCH3 is 2. The molecule has 0 aromatic heterocycles. The molecule has 4 rings (SSSR count). The first-order valence-electron chi connectivity index (χ1n) is 12.4. The summed E-state index contributed by atoms with van der Waals surface area (Å²) in [7, 11) is 3.23. The predicted molar refractivity (Wildman–Crippen MR) is 132 cm³/mol. The zero-order valence-corrected chi connectivity index (χ0v) is 20.6. The molecule has 2 aliphatic rings. The van der Waals surface area contributed by atoms with Crippen molar-refractivity contribution in [2.45, 2.75) is 64.0 Å². The number of carbonyl (C=O) groups is 2. The minimum absolute atomic E-state index is 0.0231. The van der Waals surface area contributed by atoms with Crippen molar-refractivity contribution in [3.63, 3.8) is 0 Å². The summed E-state index contributed by atoms with van der Waals surface area (Å²) in [5.41, 5.74) is 3.05. The van der Waals surface area contributed by atoms with Gasteiger partial charge in [0.1, 0.15) is 12.6 Å². The molecular formula is C28H36N2O4. The zero-order valence-electron chi connectivity index (χ0n) is 20.6. The van der Waals surface area contributed by atoms with Crippen molar-refractivity contribution >= 4 is 11.8 Å². The number of hydrogen-bond donors (Lipinski definition) is 0. The van der Waals surface area contributed by atoms with Gasteiger partial charge in [0.25, 0.3) is 5.91 Å². The second kappa shape index (κ2) is 10.9. The first kappa shape index (κ1) is 24.1. The van der Waals surface area contributed by atoms with Crippen molar-refractivity contribution in [1.29, 1.82) is 0 Å². The molecule has 1 heterocycles. The van der Waals surface area contributed by atoms with E-state index in [1.807, 2.05) is 54.3 Å². The number of hydrogen-bond acceptors (Lipinski definition) is 4. The fourth-order valence-corrected chi connectivity index (χ4v) is 5.24. The van der Waals surface area contributed by atoms with Crippen LogP contribution in [0.15, 0.2) is 42.5 Å². The molecule has 182 valence electrons. The maximum Gasteiger partial charge on any atom is 0.250 e. The lowest BCUT2D eigenvalue weighted by Crippen LogP contribution is -2.58. The van der Waals surface area contributed by atoms with Gasteiger partial charge in [-0.25, -0.2) is 0 Å². The van der Waals surface area contributed by atoms with Gasteiger partial charge in [-0.3, -0.25) is 9.59 Å². The van der Waals surface area contributed by atoms with E-state index in [0.29, 0.717) is 24.5 Å². The Kier molecular flexibility index (Phi) is 7.76. The van der Waals surface area contributed by atoms with Crippen LogP contribution in [0.3, 0.4) is 0 Å². The van der Waals surface area contributed by atoms with Gasteiger partial charge in [0.15, 0.2) is 11.5 Å². The summed E-state index contributed by atoms with van der Waals surface area (Å²) < 4.78 is 10.8. The molecule has 1 aliphatic heterocycles. The fraction of sp³-hybridized carbons (Fsp3) is 0.500. The Labute approximate surface area is 202 Å². The van der Waals surface area contributed by atoms with Crippen LogP contribution in [0.1, 0.15) is 61.3 Å². The summed E-state index contributed by atoms with van der Waals surface area (Å²) in [5, 5.41) is 0. The van der Waals surface area contributed by atoms with Crippen LogP contribution in [-0.4, -0.2) is 55.0 Å². The Morgan fingerprint density at radius 3 is 2.21 bits per heavy atom. The standard InChI is InChI=1S/C28H36N2O4/c1-20-10-13-22(14-11-20)27-28(32)30(23-8-6-4-5-7-9-23)19-26(31)29(27)17-16-21-12-15-24(33-2)25(18-21)34-3/h10-15,18,23,27H,4-9,16-17,19H2,1-3H3/t27-/m1/s1. The molecule has 1 saturated heterocycles. The Hall–Kier alpha value is -3.02. The average Bonchev–Trinajstić information content (AvgIpc) is 3.14. The largest absolute Gasteiger partial charge is 0.493 e. The van der Waals surface area contributed by atoms with E-state index in [1.165, 1.54) is 12.8 Å². The third-order valence-corrected chi connectivity index (χ3v) is 7.20. The number of amides is 2. The highest BCUT2D eigenvalue weighted by Gasteiger charge is 2.42. The number of aryl methyl sites for hydroxylation is 1. The third kappa shape index (κ3) is 5.21. The molecule has 0 radical (unpaired) electrons. The van der Waals surface area contributed by atoms with Gasteiger partial charge in [-0.15, -0.1) is 0 Å². The van der Waals surface area contributed by atoms with Crippen LogP contribution >= 0.6 is 0 Å². The number of piperazine rings is 1. The van der Waals surface area contributed by atoms with Crippen molar-refractivity contribution in [2.24, 2.45) is 0 Å². The zero-order chi connectivity index (χ0) is 24.1. The van der Waals surface area contributed by atoms with E-state index in [4.69, 9.17) is 9.47 Å². The number of ether oxygens (including phenoxy) is 2. The maximum atomic E-state index is 13.9. The maximum absolute atomic E-state index is 13.9. The van der Waals surface area contributed by atoms with Gasteiger partial charge in [-0.1, -0.05) is 61.6 Å². The molecule has 1 aliphatic carbocycles. The Morgan fingerprint density at radius 2 is 1.56 bits per heavy atom. The predicted octanol–water partition coefficient (Wildman–Crippen LogP) is 4.69. The van der Waals surface area contributed by atoms with Crippen molar-refractivity contribution in [2.75, 3.05) is 27.3 Å². The molecule has 0 unspecified atom stereocenters. The van der Waals surface area contributed by atoms with Crippen LogP contribution in [-0.2, 0) is 16.0 Å². The van der Waals surface area contributed by atoms with Crippen molar-refractivity contribution in [3.05, 3.63) is 59.2 Å². The van der Waals surface area contributed by atoms with Crippen LogP contribution in [0.2, 0.25) is 0 Å². The molecule has 2 fully saturated rings. The SMILES string of the molecule is COc1ccc(CCN2C(=O)CN(C3CCCCCC3)C(=O)[C@H]2c2ccc(C)cc2)cc1OC. The summed E-state index contributed by atoms with van der Waals surface area (Å²) in [6, 6.07) is 13.4. The van der Waals surface area contributed by atoms with E-state index < -0.39 is 6.04 Å². The lowest BCUT2D eigenvalue weighted by Gasteiger charge is -2.43. The van der Waals surface area contributed by atoms with Gasteiger partial charge in [0.2, 0.25) is 5.91 Å². The second-order valence-electron chi connectivity index (χ2n) is 9.45. The summed E-state index contributed by atoms with van der Waals surface area (Å²) in [5.74, 6) is 1.42. The van der Waals surface area contributed by atoms with Crippen molar-refractivity contribution in [1.82, 2.24) is 9.80 Å². The van der Waals surface area contributed by atoms with Gasteiger partial charge in [-0.05, 0) is 49.4 Å². The molecule has 2 aromatic carbocycles. The van der Waals surface area contributed by atoms with Gasteiger partial charge in [0, 0.05) is 12.6 Å². The monoisotopic (exact) mass is 464 g/mol. The molecule has 0 spiro atoms. The lowest BCUT2D eigenvalue weighted by atomic mass is 9.96. The van der Waals surface area contributed by atoms with Crippen LogP contribution in [0.5, 0.6) is 11.5 Å². The summed E-state index contributed by atoms with van der Waals surface area (Å²) in [6.45, 7) is 2.68. The molecule has 34 heavy (non-hydrogen) atoms. The van der Waals surface area contributed by atoms with E-state index >= 15 is 0 Å². The lowest BCUT2D eigenvalue weighted by molar-refractivity contribution is -0.158. The van der Waals surface area contributed by atoms with Gasteiger partial charge in [0.05, 0.1) is 14.2 Å². The number of nitrogens with zero attached hydrogens (tertiary/aromatic N) is 2. The van der Waals surface area contributed by atoms with E-state index in [1.54, 1.807) is 19.1 Å². The third-order valence-electron chi connectivity index (χ3n) is 7.20. The van der Waals surface area contributed by atoms with E-state index in [0.717, 1.165) is 42.4 Å². The smallest absolute Gasteiger partial charge is 0.250 e. The van der Waals surface area contributed by atoms with Crippen LogP contribution in [0, 0.1) is 6.92 Å².